The van der Waals surface area contributed by atoms with Crippen molar-refractivity contribution in [2.45, 2.75) is 38.1 Å². The van der Waals surface area contributed by atoms with Crippen LogP contribution in [0.2, 0.25) is 0 Å². The lowest BCUT2D eigenvalue weighted by Crippen LogP contribution is -2.22. The van der Waals surface area contributed by atoms with Gasteiger partial charge < -0.3 is 10.4 Å². The van der Waals surface area contributed by atoms with Crippen LogP contribution in [0.5, 0.6) is 0 Å². The molecule has 0 saturated heterocycles. The van der Waals surface area contributed by atoms with Crippen LogP contribution in [0.15, 0.2) is 5.28 Å². The summed E-state index contributed by atoms with van der Waals surface area (Å²) in [5.41, 5.74) is 0. The zero-order valence-corrected chi connectivity index (χ0v) is 5.86. The maximum atomic E-state index is 10.7. The lowest BCUT2D eigenvalue weighted by molar-refractivity contribution is -0.594. The fraction of sp³-hybridized carbons (Fsp3) is 1.00. The first-order valence-corrected chi connectivity index (χ1v) is 3.66. The molecule has 1 rings (SSSR count). The molecule has 0 atom stereocenters. The van der Waals surface area contributed by atoms with Gasteiger partial charge in [0.15, 0.2) is 11.3 Å². The van der Waals surface area contributed by atoms with Gasteiger partial charge in [0.2, 0.25) is 0 Å². The first kappa shape index (κ1) is 7.31. The Morgan fingerprint density at radius 3 is 2.40 bits per heavy atom. The van der Waals surface area contributed by atoms with Gasteiger partial charge in [-0.3, -0.25) is 0 Å². The predicted octanol–water partition coefficient (Wildman–Crippen LogP) is 1.67. The summed E-state index contributed by atoms with van der Waals surface area (Å²) in [4.78, 5) is 0.416. The van der Waals surface area contributed by atoms with E-state index in [-0.39, 0.29) is 6.04 Å². The van der Waals surface area contributed by atoms with Crippen LogP contribution in [0, 0.1) is 5.21 Å². The van der Waals surface area contributed by atoms with Crippen molar-refractivity contribution in [2.75, 3.05) is 0 Å². The first-order chi connectivity index (χ1) is 4.84. The molecule has 0 radical (unpaired) electrons. The molecule has 0 aromatic carbocycles. The number of hydrogen-bond acceptors (Lipinski definition) is 2. The third-order valence-corrected chi connectivity index (χ3v) is 1.98. The molecule has 58 valence electrons. The standard InChI is InChI=1S/C6H12N2O2/c9-7-8(10)6-4-2-1-3-5-6/h6,9H,1-5H2. The molecule has 4 heteroatoms. The van der Waals surface area contributed by atoms with Gasteiger partial charge in [-0.05, 0) is 12.8 Å². The number of hydrogen-bond donors (Lipinski definition) is 1. The van der Waals surface area contributed by atoms with E-state index in [9.17, 15) is 5.21 Å². The Hall–Kier alpha value is -0.800. The number of nitrogens with zero attached hydrogens (tertiary/aromatic N) is 2. The highest BCUT2D eigenvalue weighted by Crippen LogP contribution is 2.19. The molecule has 0 unspecified atom stereocenters. The monoisotopic (exact) mass is 144 g/mol. The Morgan fingerprint density at radius 1 is 1.30 bits per heavy atom. The molecule has 1 saturated carbocycles. The molecular weight excluding hydrogens is 132 g/mol. The Kier molecular flexibility index (Phi) is 2.48. The van der Waals surface area contributed by atoms with Crippen molar-refractivity contribution in [3.05, 3.63) is 5.21 Å². The average molecular weight is 144 g/mol. The second-order valence-corrected chi connectivity index (χ2v) is 2.68. The van der Waals surface area contributed by atoms with Gasteiger partial charge in [0.25, 0.3) is 0 Å². The van der Waals surface area contributed by atoms with Crippen LogP contribution in [0.3, 0.4) is 0 Å². The maximum Gasteiger partial charge on any atom is 0.197 e. The Morgan fingerprint density at radius 2 is 1.90 bits per heavy atom. The summed E-state index contributed by atoms with van der Waals surface area (Å²) in [6.45, 7) is 0. The zero-order valence-electron chi connectivity index (χ0n) is 5.86. The highest BCUT2D eigenvalue weighted by Gasteiger charge is 2.21. The second-order valence-electron chi connectivity index (χ2n) is 2.68. The minimum atomic E-state index is -0.0706. The molecule has 4 nitrogen and oxygen atoms in total. The molecule has 0 spiro atoms. The topological polar surface area (TPSA) is 58.7 Å². The smallest absolute Gasteiger partial charge is 0.197 e. The summed E-state index contributed by atoms with van der Waals surface area (Å²) < 4.78 is 0. The minimum Gasteiger partial charge on any atom is -0.597 e. The van der Waals surface area contributed by atoms with Crippen molar-refractivity contribution < 1.29 is 10.1 Å². The van der Waals surface area contributed by atoms with E-state index >= 15 is 0 Å². The highest BCUT2D eigenvalue weighted by atomic mass is 16.6. The lowest BCUT2D eigenvalue weighted by atomic mass is 9.96. The first-order valence-electron chi connectivity index (χ1n) is 3.66. The van der Waals surface area contributed by atoms with Gasteiger partial charge in [-0.1, -0.05) is 11.3 Å². The van der Waals surface area contributed by atoms with E-state index in [1.165, 1.54) is 6.42 Å². The molecule has 1 aliphatic rings. The molecule has 0 aliphatic heterocycles. The molecule has 10 heavy (non-hydrogen) atoms. The van der Waals surface area contributed by atoms with Gasteiger partial charge in [0.1, 0.15) is 0 Å². The van der Waals surface area contributed by atoms with Crippen molar-refractivity contribution in [3.8, 4) is 0 Å². The largest absolute Gasteiger partial charge is 0.597 e. The molecule has 1 N–H and O–H groups in total. The fourth-order valence-corrected chi connectivity index (χ4v) is 1.37. The van der Waals surface area contributed by atoms with Crippen LogP contribution in [-0.4, -0.2) is 16.1 Å². The third-order valence-electron chi connectivity index (χ3n) is 1.98. The summed E-state index contributed by atoms with van der Waals surface area (Å²) in [6.07, 6.45) is 5.11. The molecular formula is C6H12N2O2. The summed E-state index contributed by atoms with van der Waals surface area (Å²) in [6, 6.07) is -0.0706. The summed E-state index contributed by atoms with van der Waals surface area (Å²) in [5, 5.41) is 21.4. The highest BCUT2D eigenvalue weighted by molar-refractivity contribution is 4.62. The lowest BCUT2D eigenvalue weighted by Gasteiger charge is -2.16. The Labute approximate surface area is 59.7 Å². The van der Waals surface area contributed by atoms with Crippen LogP contribution in [0.4, 0.5) is 0 Å². The van der Waals surface area contributed by atoms with Crippen molar-refractivity contribution in [1.82, 2.24) is 0 Å². The van der Waals surface area contributed by atoms with Crippen molar-refractivity contribution in [1.29, 1.82) is 0 Å². The Balaban J connectivity index is 2.39. The molecule has 0 amide bonds. The van der Waals surface area contributed by atoms with Gasteiger partial charge in [-0.2, -0.15) is 0 Å². The molecule has 0 heterocycles. The van der Waals surface area contributed by atoms with E-state index in [4.69, 9.17) is 5.21 Å². The molecule has 1 aliphatic carbocycles. The molecule has 1 fully saturated rings. The van der Waals surface area contributed by atoms with E-state index in [1.54, 1.807) is 0 Å². The van der Waals surface area contributed by atoms with Crippen molar-refractivity contribution >= 4 is 0 Å². The SMILES string of the molecule is [O-][N+](=NO)C1CCCCC1. The molecule has 0 aromatic heterocycles. The van der Waals surface area contributed by atoms with Crippen molar-refractivity contribution in [3.63, 3.8) is 0 Å². The van der Waals surface area contributed by atoms with E-state index in [2.05, 4.69) is 5.28 Å². The Bertz CT molecular complexity index is 130. The summed E-state index contributed by atoms with van der Waals surface area (Å²) in [5.74, 6) is 0. The average Bonchev–Trinajstić information content (AvgIpc) is 2.05. The molecule has 0 bridgehead atoms. The second kappa shape index (κ2) is 3.39. The van der Waals surface area contributed by atoms with Gasteiger partial charge in [-0.15, -0.1) is 0 Å². The van der Waals surface area contributed by atoms with Crippen LogP contribution < -0.4 is 0 Å². The summed E-state index contributed by atoms with van der Waals surface area (Å²) in [7, 11) is 0. The van der Waals surface area contributed by atoms with Crippen molar-refractivity contribution in [2.24, 2.45) is 5.28 Å². The van der Waals surface area contributed by atoms with E-state index in [0.717, 1.165) is 25.7 Å². The quantitative estimate of drug-likeness (QED) is 0.345. The van der Waals surface area contributed by atoms with E-state index in [0.29, 0.717) is 4.86 Å². The minimum absolute atomic E-state index is 0.0706. The fourth-order valence-electron chi connectivity index (χ4n) is 1.37. The van der Waals surface area contributed by atoms with Gasteiger partial charge in [0.05, 0.1) is 0 Å². The van der Waals surface area contributed by atoms with E-state index in [1.807, 2.05) is 0 Å². The van der Waals surface area contributed by atoms with Crippen LogP contribution in [0.25, 0.3) is 0 Å². The van der Waals surface area contributed by atoms with Gasteiger partial charge >= 0.3 is 0 Å². The van der Waals surface area contributed by atoms with Crippen LogP contribution in [0.1, 0.15) is 32.1 Å². The number of hydroxylamine groups is 1. The van der Waals surface area contributed by atoms with Crippen LogP contribution in [-0.2, 0) is 0 Å². The van der Waals surface area contributed by atoms with E-state index < -0.39 is 0 Å². The normalized spacial score (nSPS) is 23.0. The van der Waals surface area contributed by atoms with Gasteiger partial charge in [0, 0.05) is 12.8 Å². The van der Waals surface area contributed by atoms with Gasteiger partial charge in [-0.25, -0.2) is 0 Å². The third kappa shape index (κ3) is 1.59. The predicted molar refractivity (Wildman–Crippen MR) is 34.7 cm³/mol. The maximum absolute atomic E-state index is 10.7. The molecule has 0 aromatic rings. The zero-order chi connectivity index (χ0) is 7.40. The number of rotatable bonds is 1. The van der Waals surface area contributed by atoms with Crippen LogP contribution >= 0.6 is 0 Å². The summed E-state index contributed by atoms with van der Waals surface area (Å²) >= 11 is 0.